The molecule has 2 aromatic rings. The number of nitrogens with zero attached hydrogens (tertiary/aromatic N) is 3. The number of rotatable bonds is 3. The molecule has 0 unspecified atom stereocenters. The lowest BCUT2D eigenvalue weighted by Gasteiger charge is -2.42. The first-order valence-electron chi connectivity index (χ1n) is 17.5. The molecule has 4 aliphatic rings. The Hall–Kier alpha value is -3.47. The van der Waals surface area contributed by atoms with Crippen LogP contribution in [0.2, 0.25) is 0 Å². The molecule has 1 aromatic carbocycles. The normalized spacial score (nSPS) is 30.5. The van der Waals surface area contributed by atoms with E-state index in [4.69, 9.17) is 28.9 Å². The molecule has 1 saturated carbocycles. The van der Waals surface area contributed by atoms with Gasteiger partial charge in [-0.25, -0.2) is 14.8 Å². The maximum atomic E-state index is 14.6. The number of Topliss-reactive ketones (excluding diaryl/α,β-unsaturated/α-hetero) is 1. The molecule has 2 saturated heterocycles. The zero-order valence-electron chi connectivity index (χ0n) is 28.3. The number of aromatic nitrogens is 2. The van der Waals surface area contributed by atoms with Gasteiger partial charge in [0.15, 0.2) is 5.78 Å². The molecule has 0 radical (unpaired) electrons. The van der Waals surface area contributed by atoms with Gasteiger partial charge in [-0.3, -0.25) is 9.59 Å². The van der Waals surface area contributed by atoms with Crippen LogP contribution in [-0.2, 0) is 25.5 Å². The fourth-order valence-electron chi connectivity index (χ4n) is 8.16. The van der Waals surface area contributed by atoms with Crippen LogP contribution >= 0.6 is 0 Å². The summed E-state index contributed by atoms with van der Waals surface area (Å²) in [7, 11) is 1.62. The van der Waals surface area contributed by atoms with E-state index in [2.05, 4.69) is 5.32 Å². The SMILES string of the molecule is COc1ccc2nc3c(nc2c1)O[C@H]1CN(C(=O)[C@H](C2(C)CCOCC2)NC(=O)O[C@@H]2CCC[C@H]2CCCCCC3)[C@H](C(C)=O)[C@@H]1C. The lowest BCUT2D eigenvalue weighted by Crippen LogP contribution is -2.59. The first-order chi connectivity index (χ1) is 22.7. The first kappa shape index (κ1) is 33.4. The Kier molecular flexibility index (Phi) is 10.2. The molecular weight excluding hydrogens is 600 g/mol. The highest BCUT2D eigenvalue weighted by Crippen LogP contribution is 2.39. The Labute approximate surface area is 277 Å². The average Bonchev–Trinajstić information content (AvgIpc) is 3.63. The van der Waals surface area contributed by atoms with E-state index in [0.717, 1.165) is 62.6 Å². The monoisotopic (exact) mass is 650 g/mol. The van der Waals surface area contributed by atoms with E-state index in [9.17, 15) is 14.4 Å². The van der Waals surface area contributed by atoms with Crippen molar-refractivity contribution in [2.75, 3.05) is 26.9 Å². The number of benzene rings is 1. The maximum Gasteiger partial charge on any atom is 0.408 e. The van der Waals surface area contributed by atoms with Gasteiger partial charge in [0.25, 0.3) is 0 Å². The molecule has 11 nitrogen and oxygen atoms in total. The van der Waals surface area contributed by atoms with Crippen LogP contribution in [0.15, 0.2) is 18.2 Å². The van der Waals surface area contributed by atoms with Crippen molar-refractivity contribution in [3.8, 4) is 11.6 Å². The number of fused-ring (bicyclic) bond motifs is 5. The largest absolute Gasteiger partial charge is 0.497 e. The van der Waals surface area contributed by atoms with E-state index in [1.165, 1.54) is 6.92 Å². The van der Waals surface area contributed by atoms with Gasteiger partial charge in [0, 0.05) is 30.6 Å². The van der Waals surface area contributed by atoms with Gasteiger partial charge in [-0.2, -0.15) is 0 Å². The zero-order chi connectivity index (χ0) is 33.1. The number of ether oxygens (including phenoxy) is 4. The van der Waals surface area contributed by atoms with Crippen molar-refractivity contribution >= 4 is 28.8 Å². The predicted octanol–water partition coefficient (Wildman–Crippen LogP) is 5.41. The highest BCUT2D eigenvalue weighted by molar-refractivity contribution is 5.92. The second kappa shape index (κ2) is 14.3. The quantitative estimate of drug-likeness (QED) is 0.464. The van der Waals surface area contributed by atoms with E-state index < -0.39 is 29.7 Å². The van der Waals surface area contributed by atoms with Crippen LogP contribution in [0.5, 0.6) is 11.6 Å². The summed E-state index contributed by atoms with van der Waals surface area (Å²) in [5.74, 6) is 0.698. The summed E-state index contributed by atoms with van der Waals surface area (Å²) < 4.78 is 23.8. The van der Waals surface area contributed by atoms with Gasteiger partial charge in [-0.1, -0.05) is 33.1 Å². The fraction of sp³-hybridized carbons (Fsp3) is 0.694. The fourth-order valence-corrected chi connectivity index (χ4v) is 8.16. The Morgan fingerprint density at radius 1 is 0.979 bits per heavy atom. The van der Waals surface area contributed by atoms with Crippen molar-refractivity contribution < 1.29 is 33.3 Å². The van der Waals surface area contributed by atoms with Crippen LogP contribution in [0.3, 0.4) is 0 Å². The van der Waals surface area contributed by atoms with Crippen LogP contribution in [0, 0.1) is 17.3 Å². The standard InChI is InChI=1S/C36H50N4O7/c1-22-30-21-40(31(22)23(2)41)34(42)32(36(3)16-18-45-19-17-36)39-35(43)47-29-13-9-11-24(29)10-7-5-6-8-12-27-33(46-30)38-28-20-25(44-4)14-15-26(28)37-27/h14-15,20,22,24,29-32H,5-13,16-19,21H2,1-4H3,(H,39,43)/t22-,24-,29-,30+,31+,32-/m1/s1. The summed E-state index contributed by atoms with van der Waals surface area (Å²) in [6, 6.07) is 4.04. The number of nitrogens with one attached hydrogen (secondary N) is 1. The topological polar surface area (TPSA) is 129 Å². The maximum absolute atomic E-state index is 14.6. The van der Waals surface area contributed by atoms with Crippen LogP contribution in [0.1, 0.15) is 90.7 Å². The first-order valence-corrected chi connectivity index (χ1v) is 17.5. The van der Waals surface area contributed by atoms with Gasteiger partial charge in [-0.05, 0) is 76.3 Å². The molecule has 1 N–H and O–H groups in total. The van der Waals surface area contributed by atoms with Gasteiger partial charge in [-0.15, -0.1) is 0 Å². The number of carbonyl (C=O) groups is 3. The van der Waals surface area contributed by atoms with Crippen LogP contribution in [-0.4, -0.2) is 83.8 Å². The number of hydrogen-bond donors (Lipinski definition) is 1. The van der Waals surface area contributed by atoms with E-state index in [1.54, 1.807) is 12.0 Å². The molecule has 1 aromatic heterocycles. The van der Waals surface area contributed by atoms with Gasteiger partial charge in [0.05, 0.1) is 30.7 Å². The molecule has 2 bridgehead atoms. The number of methoxy groups -OCH3 is 1. The van der Waals surface area contributed by atoms with Crippen molar-refractivity contribution in [1.82, 2.24) is 20.2 Å². The Bertz CT molecular complexity index is 1460. The number of carbonyl (C=O) groups excluding carboxylic acids is 3. The Morgan fingerprint density at radius 2 is 1.74 bits per heavy atom. The summed E-state index contributed by atoms with van der Waals surface area (Å²) in [6.45, 7) is 6.66. The van der Waals surface area contributed by atoms with Gasteiger partial charge in [0.2, 0.25) is 11.8 Å². The van der Waals surface area contributed by atoms with Crippen LogP contribution < -0.4 is 14.8 Å². The molecule has 2 amide bonds. The number of ketones is 1. The second-order valence-corrected chi connectivity index (χ2v) is 14.3. The van der Waals surface area contributed by atoms with Crippen LogP contribution in [0.4, 0.5) is 4.79 Å². The smallest absolute Gasteiger partial charge is 0.408 e. The van der Waals surface area contributed by atoms with Gasteiger partial charge < -0.3 is 29.2 Å². The predicted molar refractivity (Wildman–Crippen MR) is 175 cm³/mol. The summed E-state index contributed by atoms with van der Waals surface area (Å²) in [5.41, 5.74) is 1.63. The van der Waals surface area contributed by atoms with Gasteiger partial charge in [0.1, 0.15) is 29.7 Å². The van der Waals surface area contributed by atoms with E-state index in [0.29, 0.717) is 55.5 Å². The third-order valence-electron chi connectivity index (χ3n) is 11.1. The minimum Gasteiger partial charge on any atom is -0.497 e. The molecule has 3 fully saturated rings. The van der Waals surface area contributed by atoms with Gasteiger partial charge >= 0.3 is 6.09 Å². The van der Waals surface area contributed by atoms with E-state index in [1.807, 2.05) is 32.0 Å². The molecule has 0 spiro atoms. The lowest BCUT2D eigenvalue weighted by molar-refractivity contribution is -0.143. The number of amides is 2. The van der Waals surface area contributed by atoms with Crippen molar-refractivity contribution in [3.05, 3.63) is 23.9 Å². The van der Waals surface area contributed by atoms with Crippen molar-refractivity contribution in [2.45, 2.75) is 116 Å². The third-order valence-corrected chi connectivity index (χ3v) is 11.1. The highest BCUT2D eigenvalue weighted by atomic mass is 16.6. The average molecular weight is 651 g/mol. The minimum atomic E-state index is -0.878. The Morgan fingerprint density at radius 3 is 2.51 bits per heavy atom. The van der Waals surface area contributed by atoms with Crippen LogP contribution in [0.25, 0.3) is 11.0 Å². The summed E-state index contributed by atoms with van der Waals surface area (Å²) in [6.07, 6.45) is 8.74. The molecule has 4 heterocycles. The zero-order valence-corrected chi connectivity index (χ0v) is 28.3. The van der Waals surface area contributed by atoms with Crippen molar-refractivity contribution in [1.29, 1.82) is 0 Å². The number of hydrogen-bond acceptors (Lipinski definition) is 9. The lowest BCUT2D eigenvalue weighted by atomic mass is 9.75. The number of aryl methyl sites for hydroxylation is 1. The second-order valence-electron chi connectivity index (χ2n) is 14.3. The summed E-state index contributed by atoms with van der Waals surface area (Å²) >= 11 is 0. The summed E-state index contributed by atoms with van der Waals surface area (Å²) in [5, 5.41) is 3.01. The van der Waals surface area contributed by atoms with Crippen molar-refractivity contribution in [2.24, 2.45) is 17.3 Å². The molecule has 256 valence electrons. The minimum absolute atomic E-state index is 0.124. The molecule has 3 aliphatic heterocycles. The molecule has 6 rings (SSSR count). The van der Waals surface area contributed by atoms with Crippen molar-refractivity contribution in [3.63, 3.8) is 0 Å². The molecule has 47 heavy (non-hydrogen) atoms. The summed E-state index contributed by atoms with van der Waals surface area (Å²) in [4.78, 5) is 52.9. The van der Waals surface area contributed by atoms with E-state index >= 15 is 0 Å². The highest BCUT2D eigenvalue weighted by Gasteiger charge is 2.51. The third kappa shape index (κ3) is 7.20. The molecule has 6 atom stereocenters. The number of alkyl carbamates (subject to hydrolysis) is 1. The molecular formula is C36H50N4O7. The molecule has 11 heteroatoms. The van der Waals surface area contributed by atoms with E-state index in [-0.39, 0.29) is 30.3 Å². The Balaban J connectivity index is 1.36. The molecule has 1 aliphatic carbocycles.